The SMILES string of the molecule is CNC(c1ccc2c(c1)CCCC2)C1CC2CC2C1. The summed E-state index contributed by atoms with van der Waals surface area (Å²) in [5.74, 6) is 3.05. The fourth-order valence-electron chi connectivity index (χ4n) is 4.66. The van der Waals surface area contributed by atoms with Gasteiger partial charge in [0, 0.05) is 6.04 Å². The van der Waals surface area contributed by atoms with E-state index in [-0.39, 0.29) is 0 Å². The summed E-state index contributed by atoms with van der Waals surface area (Å²) in [6, 6.07) is 7.92. The van der Waals surface area contributed by atoms with Gasteiger partial charge in [0.05, 0.1) is 0 Å². The van der Waals surface area contributed by atoms with E-state index in [0.29, 0.717) is 6.04 Å². The molecule has 3 aliphatic rings. The minimum atomic E-state index is 0.597. The number of fused-ring (bicyclic) bond motifs is 2. The molecule has 0 radical (unpaired) electrons. The molecule has 1 nitrogen and oxygen atoms in total. The predicted molar refractivity (Wildman–Crippen MR) is 79.2 cm³/mol. The van der Waals surface area contributed by atoms with Crippen LogP contribution in [0.3, 0.4) is 0 Å². The molecule has 0 saturated heterocycles. The molecule has 4 rings (SSSR count). The zero-order valence-electron chi connectivity index (χ0n) is 12.0. The van der Waals surface area contributed by atoms with Crippen molar-refractivity contribution in [1.82, 2.24) is 5.32 Å². The molecule has 1 heteroatoms. The van der Waals surface area contributed by atoms with Crippen LogP contribution in [0, 0.1) is 17.8 Å². The number of hydrogen-bond acceptors (Lipinski definition) is 1. The first kappa shape index (κ1) is 12.0. The molecule has 1 aromatic rings. The molecule has 3 unspecified atom stereocenters. The van der Waals surface area contributed by atoms with E-state index >= 15 is 0 Å². The molecule has 19 heavy (non-hydrogen) atoms. The molecular formula is C18H25N. The van der Waals surface area contributed by atoms with E-state index in [4.69, 9.17) is 0 Å². The molecule has 0 bridgehead atoms. The van der Waals surface area contributed by atoms with Crippen LogP contribution in [0.5, 0.6) is 0 Å². The maximum atomic E-state index is 3.61. The summed E-state index contributed by atoms with van der Waals surface area (Å²) in [6.45, 7) is 0. The normalized spacial score (nSPS) is 33.6. The highest BCUT2D eigenvalue weighted by Crippen LogP contribution is 2.57. The van der Waals surface area contributed by atoms with Gasteiger partial charge in [-0.2, -0.15) is 0 Å². The van der Waals surface area contributed by atoms with Crippen molar-refractivity contribution in [2.75, 3.05) is 7.05 Å². The fraction of sp³-hybridized carbons (Fsp3) is 0.667. The second-order valence-corrected chi connectivity index (χ2v) is 6.99. The molecule has 3 aliphatic carbocycles. The van der Waals surface area contributed by atoms with Crippen LogP contribution < -0.4 is 5.32 Å². The van der Waals surface area contributed by atoms with Crippen LogP contribution in [-0.4, -0.2) is 7.05 Å². The summed E-state index contributed by atoms with van der Waals surface area (Å²) in [6.07, 6.45) is 9.82. The lowest BCUT2D eigenvalue weighted by Crippen LogP contribution is -2.25. The van der Waals surface area contributed by atoms with Crippen molar-refractivity contribution in [2.45, 2.75) is 51.0 Å². The molecule has 2 fully saturated rings. The zero-order chi connectivity index (χ0) is 12.8. The Balaban J connectivity index is 1.58. The molecule has 102 valence electrons. The smallest absolute Gasteiger partial charge is 0.0346 e. The third-order valence-corrected chi connectivity index (χ3v) is 5.79. The Labute approximate surface area is 116 Å². The number of nitrogens with one attached hydrogen (secondary N) is 1. The van der Waals surface area contributed by atoms with Crippen LogP contribution in [-0.2, 0) is 12.8 Å². The van der Waals surface area contributed by atoms with Crippen LogP contribution in [0.2, 0.25) is 0 Å². The number of aryl methyl sites for hydroxylation is 2. The Bertz CT molecular complexity index is 469. The van der Waals surface area contributed by atoms with Crippen LogP contribution in [0.15, 0.2) is 18.2 Å². The number of rotatable bonds is 3. The average molecular weight is 255 g/mol. The van der Waals surface area contributed by atoms with E-state index < -0.39 is 0 Å². The molecule has 0 amide bonds. The highest BCUT2D eigenvalue weighted by atomic mass is 14.9. The Morgan fingerprint density at radius 1 is 1.00 bits per heavy atom. The van der Waals surface area contributed by atoms with Gasteiger partial charge in [0.1, 0.15) is 0 Å². The van der Waals surface area contributed by atoms with E-state index in [1.807, 2.05) is 0 Å². The summed E-state index contributed by atoms with van der Waals surface area (Å²) >= 11 is 0. The van der Waals surface area contributed by atoms with Gasteiger partial charge in [-0.05, 0) is 86.4 Å². The van der Waals surface area contributed by atoms with Crippen LogP contribution in [0.25, 0.3) is 0 Å². The quantitative estimate of drug-likeness (QED) is 0.864. The third kappa shape index (κ3) is 2.12. The first-order valence-electron chi connectivity index (χ1n) is 8.14. The second-order valence-electron chi connectivity index (χ2n) is 6.99. The molecule has 2 saturated carbocycles. The van der Waals surface area contributed by atoms with Crippen molar-refractivity contribution in [3.8, 4) is 0 Å². The van der Waals surface area contributed by atoms with E-state index in [2.05, 4.69) is 30.6 Å². The summed E-state index contributed by atoms with van der Waals surface area (Å²) in [4.78, 5) is 0. The van der Waals surface area contributed by atoms with Gasteiger partial charge in [-0.25, -0.2) is 0 Å². The van der Waals surface area contributed by atoms with Gasteiger partial charge in [-0.3, -0.25) is 0 Å². The van der Waals surface area contributed by atoms with Crippen molar-refractivity contribution in [2.24, 2.45) is 17.8 Å². The van der Waals surface area contributed by atoms with Gasteiger partial charge in [-0.15, -0.1) is 0 Å². The van der Waals surface area contributed by atoms with Crippen molar-refractivity contribution in [3.05, 3.63) is 34.9 Å². The molecule has 1 N–H and O–H groups in total. The Hall–Kier alpha value is -0.820. The molecule has 0 aromatic heterocycles. The summed E-state index contributed by atoms with van der Waals surface area (Å²) < 4.78 is 0. The monoisotopic (exact) mass is 255 g/mol. The van der Waals surface area contributed by atoms with Crippen molar-refractivity contribution in [1.29, 1.82) is 0 Å². The van der Waals surface area contributed by atoms with Gasteiger partial charge in [0.2, 0.25) is 0 Å². The topological polar surface area (TPSA) is 12.0 Å². The van der Waals surface area contributed by atoms with E-state index in [1.54, 1.807) is 16.7 Å². The van der Waals surface area contributed by atoms with E-state index in [0.717, 1.165) is 17.8 Å². The highest BCUT2D eigenvalue weighted by molar-refractivity contribution is 5.35. The van der Waals surface area contributed by atoms with Crippen molar-refractivity contribution in [3.63, 3.8) is 0 Å². The summed E-state index contributed by atoms with van der Waals surface area (Å²) in [5, 5.41) is 3.61. The van der Waals surface area contributed by atoms with Crippen molar-refractivity contribution >= 4 is 0 Å². The van der Waals surface area contributed by atoms with Crippen LogP contribution in [0.1, 0.15) is 54.8 Å². The minimum absolute atomic E-state index is 0.597. The third-order valence-electron chi connectivity index (χ3n) is 5.79. The fourth-order valence-corrected chi connectivity index (χ4v) is 4.66. The maximum absolute atomic E-state index is 3.61. The Kier molecular flexibility index (Phi) is 2.91. The lowest BCUT2D eigenvalue weighted by molar-refractivity contribution is 0.359. The van der Waals surface area contributed by atoms with Crippen LogP contribution in [0.4, 0.5) is 0 Å². The summed E-state index contributed by atoms with van der Waals surface area (Å²) in [7, 11) is 2.15. The minimum Gasteiger partial charge on any atom is -0.313 e. The maximum Gasteiger partial charge on any atom is 0.0346 e. The second kappa shape index (κ2) is 4.63. The standard InChI is InChI=1S/C18H25N/c1-19-18(17-10-15-9-16(15)11-17)14-7-6-12-4-2-3-5-13(12)8-14/h6-8,15-19H,2-5,9-11H2,1H3. The largest absolute Gasteiger partial charge is 0.313 e. The predicted octanol–water partition coefficient (Wildman–Crippen LogP) is 3.87. The van der Waals surface area contributed by atoms with Gasteiger partial charge in [0.15, 0.2) is 0 Å². The molecule has 0 aliphatic heterocycles. The molecule has 3 atom stereocenters. The van der Waals surface area contributed by atoms with Crippen molar-refractivity contribution < 1.29 is 0 Å². The van der Waals surface area contributed by atoms with Gasteiger partial charge in [-0.1, -0.05) is 18.2 Å². The first-order valence-corrected chi connectivity index (χ1v) is 8.14. The van der Waals surface area contributed by atoms with Crippen LogP contribution >= 0.6 is 0 Å². The Morgan fingerprint density at radius 3 is 2.47 bits per heavy atom. The molecule has 0 heterocycles. The van der Waals surface area contributed by atoms with E-state index in [1.165, 1.54) is 44.9 Å². The lowest BCUT2D eigenvalue weighted by atomic mass is 9.85. The number of hydrogen-bond donors (Lipinski definition) is 1. The van der Waals surface area contributed by atoms with Gasteiger partial charge < -0.3 is 5.32 Å². The van der Waals surface area contributed by atoms with Gasteiger partial charge in [0.25, 0.3) is 0 Å². The molecular weight excluding hydrogens is 230 g/mol. The van der Waals surface area contributed by atoms with Gasteiger partial charge >= 0.3 is 0 Å². The first-order chi connectivity index (χ1) is 9.35. The molecule has 1 aromatic carbocycles. The van der Waals surface area contributed by atoms with E-state index in [9.17, 15) is 0 Å². The highest BCUT2D eigenvalue weighted by Gasteiger charge is 2.47. The average Bonchev–Trinajstić information content (AvgIpc) is 3.06. The summed E-state index contributed by atoms with van der Waals surface area (Å²) in [5.41, 5.74) is 4.79. The zero-order valence-corrected chi connectivity index (χ0v) is 12.0. The molecule has 0 spiro atoms. The Morgan fingerprint density at radius 2 is 1.74 bits per heavy atom. The lowest BCUT2D eigenvalue weighted by Gasteiger charge is -2.26. The number of benzene rings is 1.